The Hall–Kier alpha value is -3.34. The molecule has 5 heteroatoms. The number of aldehydes is 1. The zero-order chi connectivity index (χ0) is 20.9. The van der Waals surface area contributed by atoms with Gasteiger partial charge in [0.15, 0.2) is 6.29 Å². The van der Waals surface area contributed by atoms with E-state index in [1.54, 1.807) is 24.7 Å². The lowest BCUT2D eigenvalue weighted by atomic mass is 10.0. The van der Waals surface area contributed by atoms with Crippen LogP contribution in [0.2, 0.25) is 0 Å². The van der Waals surface area contributed by atoms with Crippen molar-refractivity contribution in [1.82, 2.24) is 0 Å². The van der Waals surface area contributed by atoms with Crippen molar-refractivity contribution in [3.63, 3.8) is 0 Å². The maximum absolute atomic E-state index is 12.0. The van der Waals surface area contributed by atoms with Crippen LogP contribution in [0.5, 0.6) is 5.75 Å². The van der Waals surface area contributed by atoms with Gasteiger partial charge in [-0.25, -0.2) is 0 Å². The summed E-state index contributed by atoms with van der Waals surface area (Å²) in [4.78, 5) is 23.5. The first kappa shape index (κ1) is 20.4. The van der Waals surface area contributed by atoms with Gasteiger partial charge in [0.25, 0.3) is 0 Å². The summed E-state index contributed by atoms with van der Waals surface area (Å²) in [6.45, 7) is 5.87. The lowest BCUT2D eigenvalue weighted by molar-refractivity contribution is -0.153. The summed E-state index contributed by atoms with van der Waals surface area (Å²) in [5.41, 5.74) is 3.45. The Labute approximate surface area is 170 Å². The average Bonchev–Trinajstić information content (AvgIpc) is 3.19. The number of ether oxygens (including phenoxy) is 2. The molecule has 0 saturated heterocycles. The Balaban J connectivity index is 1.66. The van der Waals surface area contributed by atoms with Gasteiger partial charge in [0.1, 0.15) is 18.0 Å². The predicted molar refractivity (Wildman–Crippen MR) is 110 cm³/mol. The number of rotatable bonds is 7. The molecule has 0 N–H and O–H groups in total. The smallest absolute Gasteiger partial charge is 0.310 e. The summed E-state index contributed by atoms with van der Waals surface area (Å²) in [6.07, 6.45) is 4.17. The monoisotopic (exact) mass is 392 g/mol. The second-order valence-electron chi connectivity index (χ2n) is 7.75. The fourth-order valence-electron chi connectivity index (χ4n) is 2.95. The molecule has 150 valence electrons. The molecule has 3 aromatic rings. The molecule has 29 heavy (non-hydrogen) atoms. The van der Waals surface area contributed by atoms with E-state index >= 15 is 0 Å². The fourth-order valence-corrected chi connectivity index (χ4v) is 2.95. The largest absolute Gasteiger partial charge is 0.489 e. The van der Waals surface area contributed by atoms with Gasteiger partial charge in [-0.1, -0.05) is 24.3 Å². The van der Waals surface area contributed by atoms with Gasteiger partial charge in [-0.15, -0.1) is 0 Å². The highest BCUT2D eigenvalue weighted by Crippen LogP contribution is 2.27. The number of hydrogen-bond donors (Lipinski definition) is 0. The molecule has 0 spiro atoms. The van der Waals surface area contributed by atoms with Crippen molar-refractivity contribution in [2.24, 2.45) is 0 Å². The Kier molecular flexibility index (Phi) is 6.17. The molecule has 0 aliphatic heterocycles. The summed E-state index contributed by atoms with van der Waals surface area (Å²) < 4.78 is 16.3. The summed E-state index contributed by atoms with van der Waals surface area (Å²) in [6, 6.07) is 14.8. The van der Waals surface area contributed by atoms with Crippen molar-refractivity contribution in [2.45, 2.75) is 39.4 Å². The van der Waals surface area contributed by atoms with Crippen LogP contribution >= 0.6 is 0 Å². The van der Waals surface area contributed by atoms with E-state index in [-0.39, 0.29) is 12.4 Å². The van der Waals surface area contributed by atoms with Gasteiger partial charge in [-0.3, -0.25) is 9.59 Å². The Morgan fingerprint density at radius 2 is 1.86 bits per heavy atom. The molecule has 0 saturated carbocycles. The molecule has 5 nitrogen and oxygen atoms in total. The molecule has 0 amide bonds. The number of hydrogen-bond acceptors (Lipinski definition) is 5. The number of esters is 1. The van der Waals surface area contributed by atoms with Crippen LogP contribution in [-0.2, 0) is 22.6 Å². The van der Waals surface area contributed by atoms with Gasteiger partial charge >= 0.3 is 5.97 Å². The van der Waals surface area contributed by atoms with E-state index in [2.05, 4.69) is 0 Å². The second kappa shape index (κ2) is 8.78. The zero-order valence-corrected chi connectivity index (χ0v) is 16.8. The molecule has 0 atom stereocenters. The number of carbonyl (C=O) groups excluding carboxylic acids is 2. The maximum Gasteiger partial charge on any atom is 0.310 e. The molecule has 0 aliphatic carbocycles. The summed E-state index contributed by atoms with van der Waals surface area (Å²) in [5.74, 6) is 0.331. The number of furan rings is 1. The first-order valence-electron chi connectivity index (χ1n) is 9.38. The Morgan fingerprint density at radius 1 is 1.07 bits per heavy atom. The van der Waals surface area contributed by atoms with E-state index in [9.17, 15) is 9.59 Å². The van der Waals surface area contributed by atoms with Crippen molar-refractivity contribution in [1.29, 1.82) is 0 Å². The van der Waals surface area contributed by atoms with E-state index in [0.717, 1.165) is 28.5 Å². The van der Waals surface area contributed by atoms with Crippen molar-refractivity contribution in [3.8, 4) is 16.9 Å². The highest BCUT2D eigenvalue weighted by Gasteiger charge is 2.16. The lowest BCUT2D eigenvalue weighted by Gasteiger charge is -2.19. The fraction of sp³-hybridized carbons (Fsp3) is 0.250. The summed E-state index contributed by atoms with van der Waals surface area (Å²) >= 11 is 0. The highest BCUT2D eigenvalue weighted by molar-refractivity contribution is 5.88. The van der Waals surface area contributed by atoms with Crippen LogP contribution in [0.3, 0.4) is 0 Å². The van der Waals surface area contributed by atoms with Crippen LogP contribution in [0.4, 0.5) is 0 Å². The van der Waals surface area contributed by atoms with Crippen LogP contribution in [0.25, 0.3) is 11.1 Å². The van der Waals surface area contributed by atoms with Crippen molar-refractivity contribution < 1.29 is 23.5 Å². The first-order valence-corrected chi connectivity index (χ1v) is 9.38. The third-order valence-corrected chi connectivity index (χ3v) is 4.15. The third kappa shape index (κ3) is 5.82. The SMILES string of the molecule is CC(C)(C)OC(=O)Cc1cccc(COc2ccc(-c3ccoc3)c(C=O)c2)c1. The van der Waals surface area contributed by atoms with Crippen LogP contribution in [0.1, 0.15) is 42.3 Å². The highest BCUT2D eigenvalue weighted by atomic mass is 16.6. The maximum atomic E-state index is 12.0. The minimum absolute atomic E-state index is 0.208. The molecule has 0 aliphatic rings. The molecule has 2 aromatic carbocycles. The average molecular weight is 392 g/mol. The normalized spacial score (nSPS) is 11.1. The molecular formula is C24H24O5. The molecule has 3 rings (SSSR count). The van der Waals surface area contributed by atoms with Gasteiger partial charge in [0.2, 0.25) is 0 Å². The zero-order valence-electron chi connectivity index (χ0n) is 16.8. The summed E-state index contributed by atoms with van der Waals surface area (Å²) in [5, 5.41) is 0. The molecule has 0 radical (unpaired) electrons. The van der Waals surface area contributed by atoms with Gasteiger partial charge in [0, 0.05) is 11.1 Å². The molecule has 0 bridgehead atoms. The molecule has 0 fully saturated rings. The minimum atomic E-state index is -0.503. The Morgan fingerprint density at radius 3 is 2.55 bits per heavy atom. The molecule has 1 heterocycles. The lowest BCUT2D eigenvalue weighted by Crippen LogP contribution is -2.24. The predicted octanol–water partition coefficient (Wildman–Crippen LogP) is 5.22. The second-order valence-corrected chi connectivity index (χ2v) is 7.75. The van der Waals surface area contributed by atoms with Crippen molar-refractivity contribution in [2.75, 3.05) is 0 Å². The van der Waals surface area contributed by atoms with Gasteiger partial charge in [0.05, 0.1) is 18.9 Å². The summed E-state index contributed by atoms with van der Waals surface area (Å²) in [7, 11) is 0. The van der Waals surface area contributed by atoms with E-state index in [0.29, 0.717) is 17.9 Å². The number of benzene rings is 2. The van der Waals surface area contributed by atoms with E-state index in [1.165, 1.54) is 0 Å². The first-order chi connectivity index (χ1) is 13.8. The van der Waals surface area contributed by atoms with E-state index < -0.39 is 5.60 Å². The molecule has 0 unspecified atom stereocenters. The van der Waals surface area contributed by atoms with Crippen molar-refractivity contribution >= 4 is 12.3 Å². The van der Waals surface area contributed by atoms with Gasteiger partial charge in [-0.2, -0.15) is 0 Å². The topological polar surface area (TPSA) is 65.7 Å². The van der Waals surface area contributed by atoms with Crippen LogP contribution < -0.4 is 4.74 Å². The van der Waals surface area contributed by atoms with Crippen LogP contribution in [-0.4, -0.2) is 17.9 Å². The van der Waals surface area contributed by atoms with Crippen molar-refractivity contribution in [3.05, 3.63) is 77.7 Å². The van der Waals surface area contributed by atoms with E-state index in [1.807, 2.05) is 57.2 Å². The minimum Gasteiger partial charge on any atom is -0.489 e. The molecular weight excluding hydrogens is 368 g/mol. The molecule has 1 aromatic heterocycles. The number of carbonyl (C=O) groups is 2. The van der Waals surface area contributed by atoms with Gasteiger partial charge in [-0.05, 0) is 61.7 Å². The van der Waals surface area contributed by atoms with E-state index in [4.69, 9.17) is 13.9 Å². The quantitative estimate of drug-likeness (QED) is 0.407. The Bertz CT molecular complexity index is 981. The van der Waals surface area contributed by atoms with Crippen LogP contribution in [0, 0.1) is 0 Å². The third-order valence-electron chi connectivity index (χ3n) is 4.15. The standard InChI is InChI=1S/C24H24O5/c1-24(2,3)29-23(26)12-17-5-4-6-18(11-17)15-28-21-7-8-22(20(13-21)14-25)19-9-10-27-16-19/h4-11,13-14,16H,12,15H2,1-3H3. The van der Waals surface area contributed by atoms with Gasteiger partial charge < -0.3 is 13.9 Å². The van der Waals surface area contributed by atoms with Crippen LogP contribution in [0.15, 0.2) is 65.5 Å².